The first-order valence-electron chi connectivity index (χ1n) is 4.90. The molecule has 0 amide bonds. The van der Waals surface area contributed by atoms with E-state index in [1.807, 2.05) is 0 Å². The van der Waals surface area contributed by atoms with Crippen molar-refractivity contribution in [1.82, 2.24) is 8.61 Å². The van der Waals surface area contributed by atoms with Crippen molar-refractivity contribution in [2.24, 2.45) is 5.92 Å². The van der Waals surface area contributed by atoms with Gasteiger partial charge < -0.3 is 0 Å². The van der Waals surface area contributed by atoms with Gasteiger partial charge in [-0.25, -0.2) is 0 Å². The van der Waals surface area contributed by atoms with Crippen molar-refractivity contribution in [3.63, 3.8) is 0 Å². The van der Waals surface area contributed by atoms with Crippen LogP contribution < -0.4 is 0 Å². The second kappa shape index (κ2) is 4.50. The maximum absolute atomic E-state index is 12.3. The highest BCUT2D eigenvalue weighted by Gasteiger charge is 2.43. The lowest BCUT2D eigenvalue weighted by Gasteiger charge is -2.33. The van der Waals surface area contributed by atoms with Gasteiger partial charge in [-0.1, -0.05) is 0 Å². The van der Waals surface area contributed by atoms with Crippen LogP contribution >= 0.6 is 0 Å². The molecule has 0 spiro atoms. The van der Waals surface area contributed by atoms with E-state index in [2.05, 4.69) is 0 Å². The summed E-state index contributed by atoms with van der Waals surface area (Å²) < 4.78 is 62.4. The van der Waals surface area contributed by atoms with Gasteiger partial charge in [0.1, 0.15) is 0 Å². The molecule has 0 N–H and O–H groups in total. The van der Waals surface area contributed by atoms with Gasteiger partial charge in [0.25, 0.3) is 10.2 Å². The SMILES string of the molecule is CN(C)S(=O)(=O)N1CCC(C(F)(F)F)CC1. The summed E-state index contributed by atoms with van der Waals surface area (Å²) in [5.74, 6) is -1.37. The predicted octanol–water partition coefficient (Wildman–Crippen LogP) is 1.07. The van der Waals surface area contributed by atoms with Crippen molar-refractivity contribution >= 4 is 10.2 Å². The number of nitrogens with zero attached hydrogens (tertiary/aromatic N) is 2. The zero-order chi connectivity index (χ0) is 12.6. The Kier molecular flexibility index (Phi) is 3.86. The third-order valence-electron chi connectivity index (χ3n) is 2.70. The molecule has 0 aromatic carbocycles. The van der Waals surface area contributed by atoms with Gasteiger partial charge in [0.05, 0.1) is 5.92 Å². The average molecular weight is 260 g/mol. The van der Waals surface area contributed by atoms with Crippen LogP contribution in [0.1, 0.15) is 12.8 Å². The molecule has 16 heavy (non-hydrogen) atoms. The zero-order valence-electron chi connectivity index (χ0n) is 9.16. The minimum atomic E-state index is -4.21. The lowest BCUT2D eigenvalue weighted by molar-refractivity contribution is -0.182. The third kappa shape index (κ3) is 2.86. The number of alkyl halides is 3. The fourth-order valence-corrected chi connectivity index (χ4v) is 2.78. The second-order valence-electron chi connectivity index (χ2n) is 4.01. The number of piperidine rings is 1. The molecule has 0 saturated carbocycles. The normalized spacial score (nSPS) is 21.6. The summed E-state index contributed by atoms with van der Waals surface area (Å²) in [5.41, 5.74) is 0. The quantitative estimate of drug-likeness (QED) is 0.745. The molecule has 4 nitrogen and oxygen atoms in total. The molecule has 96 valence electrons. The first-order chi connectivity index (χ1) is 7.15. The van der Waals surface area contributed by atoms with E-state index in [0.29, 0.717) is 0 Å². The second-order valence-corrected chi connectivity index (χ2v) is 6.15. The van der Waals surface area contributed by atoms with Crippen molar-refractivity contribution in [2.45, 2.75) is 19.0 Å². The fourth-order valence-electron chi connectivity index (χ4n) is 1.64. The maximum Gasteiger partial charge on any atom is 0.391 e. The van der Waals surface area contributed by atoms with Crippen LogP contribution in [0.5, 0.6) is 0 Å². The Morgan fingerprint density at radius 2 is 1.62 bits per heavy atom. The molecule has 1 saturated heterocycles. The summed E-state index contributed by atoms with van der Waals surface area (Å²) in [4.78, 5) is 0. The van der Waals surface area contributed by atoms with E-state index in [1.54, 1.807) is 0 Å². The van der Waals surface area contributed by atoms with Gasteiger partial charge in [-0.3, -0.25) is 0 Å². The lowest BCUT2D eigenvalue weighted by Crippen LogP contribution is -2.46. The van der Waals surface area contributed by atoms with E-state index < -0.39 is 22.3 Å². The monoisotopic (exact) mass is 260 g/mol. The van der Waals surface area contributed by atoms with E-state index in [0.717, 1.165) is 8.61 Å². The molecular formula is C8H15F3N2O2S. The molecule has 0 unspecified atom stereocenters. The summed E-state index contributed by atoms with van der Waals surface area (Å²) >= 11 is 0. The first kappa shape index (κ1) is 13.7. The Bertz CT molecular complexity index is 332. The lowest BCUT2D eigenvalue weighted by atomic mass is 9.98. The Balaban J connectivity index is 2.63. The standard InChI is InChI=1S/C8H15F3N2O2S/c1-12(2)16(14,15)13-5-3-7(4-6-13)8(9,10)11/h7H,3-6H2,1-2H3. The van der Waals surface area contributed by atoms with Gasteiger partial charge in [-0.15, -0.1) is 0 Å². The van der Waals surface area contributed by atoms with Crippen LogP contribution in [0.15, 0.2) is 0 Å². The molecule has 1 heterocycles. The Morgan fingerprint density at radius 1 is 1.19 bits per heavy atom. The van der Waals surface area contributed by atoms with Crippen molar-refractivity contribution in [3.05, 3.63) is 0 Å². The van der Waals surface area contributed by atoms with Crippen LogP contribution in [0.4, 0.5) is 13.2 Å². The van der Waals surface area contributed by atoms with Gasteiger partial charge in [0.15, 0.2) is 0 Å². The average Bonchev–Trinajstić information content (AvgIpc) is 2.16. The van der Waals surface area contributed by atoms with Gasteiger partial charge in [0, 0.05) is 27.2 Å². The van der Waals surface area contributed by atoms with Crippen LogP contribution in [0, 0.1) is 5.92 Å². The van der Waals surface area contributed by atoms with E-state index in [9.17, 15) is 21.6 Å². The number of rotatable bonds is 2. The summed E-state index contributed by atoms with van der Waals surface area (Å²) in [6.45, 7) is -0.130. The summed E-state index contributed by atoms with van der Waals surface area (Å²) in [6, 6.07) is 0. The Labute approximate surface area is 93.2 Å². The fraction of sp³-hybridized carbons (Fsp3) is 1.00. The molecule has 1 aliphatic heterocycles. The Hall–Kier alpha value is -0.340. The molecule has 0 aromatic heterocycles. The number of hydrogen-bond donors (Lipinski definition) is 0. The van der Waals surface area contributed by atoms with E-state index in [1.165, 1.54) is 14.1 Å². The van der Waals surface area contributed by atoms with Crippen molar-refractivity contribution < 1.29 is 21.6 Å². The highest BCUT2D eigenvalue weighted by molar-refractivity contribution is 7.86. The Morgan fingerprint density at radius 3 is 1.94 bits per heavy atom. The van der Waals surface area contributed by atoms with Gasteiger partial charge in [-0.05, 0) is 12.8 Å². The molecule has 0 bridgehead atoms. The highest BCUT2D eigenvalue weighted by atomic mass is 32.2. The molecule has 0 radical (unpaired) electrons. The van der Waals surface area contributed by atoms with Gasteiger partial charge >= 0.3 is 6.18 Å². The molecule has 0 aromatic rings. The van der Waals surface area contributed by atoms with Crippen LogP contribution in [0.3, 0.4) is 0 Å². The largest absolute Gasteiger partial charge is 0.391 e. The van der Waals surface area contributed by atoms with Crippen LogP contribution in [0.2, 0.25) is 0 Å². The smallest absolute Gasteiger partial charge is 0.195 e. The number of hydrogen-bond acceptors (Lipinski definition) is 2. The molecule has 1 aliphatic rings. The van der Waals surface area contributed by atoms with Gasteiger partial charge in [-0.2, -0.15) is 30.2 Å². The molecule has 1 fully saturated rings. The maximum atomic E-state index is 12.3. The number of halogens is 3. The highest BCUT2D eigenvalue weighted by Crippen LogP contribution is 2.34. The first-order valence-corrected chi connectivity index (χ1v) is 6.29. The molecule has 8 heteroatoms. The summed E-state index contributed by atoms with van der Waals surface area (Å²) in [7, 11) is -0.837. The van der Waals surface area contributed by atoms with Crippen LogP contribution in [0.25, 0.3) is 0 Å². The predicted molar refractivity (Wildman–Crippen MR) is 53.0 cm³/mol. The zero-order valence-corrected chi connectivity index (χ0v) is 9.98. The van der Waals surface area contributed by atoms with Crippen molar-refractivity contribution in [2.75, 3.05) is 27.2 Å². The molecule has 0 atom stereocenters. The molecule has 1 rings (SSSR count). The topological polar surface area (TPSA) is 40.6 Å². The summed E-state index contributed by atoms with van der Waals surface area (Å²) in [5, 5.41) is 0. The third-order valence-corrected chi connectivity index (χ3v) is 4.65. The molecular weight excluding hydrogens is 245 g/mol. The summed E-state index contributed by atoms with van der Waals surface area (Å²) in [6.07, 6.45) is -4.53. The van der Waals surface area contributed by atoms with E-state index in [4.69, 9.17) is 0 Å². The minimum absolute atomic E-state index is 0.0648. The van der Waals surface area contributed by atoms with E-state index >= 15 is 0 Å². The minimum Gasteiger partial charge on any atom is -0.195 e. The molecule has 0 aliphatic carbocycles. The van der Waals surface area contributed by atoms with Crippen molar-refractivity contribution in [3.8, 4) is 0 Å². The van der Waals surface area contributed by atoms with E-state index in [-0.39, 0.29) is 25.9 Å². The van der Waals surface area contributed by atoms with Crippen LogP contribution in [-0.2, 0) is 10.2 Å². The van der Waals surface area contributed by atoms with Gasteiger partial charge in [0.2, 0.25) is 0 Å². The van der Waals surface area contributed by atoms with Crippen LogP contribution in [-0.4, -0.2) is 50.4 Å². The van der Waals surface area contributed by atoms with Crippen molar-refractivity contribution in [1.29, 1.82) is 0 Å².